The zero-order valence-corrected chi connectivity index (χ0v) is 16.2. The fourth-order valence-corrected chi connectivity index (χ4v) is 7.53. The number of benzene rings is 2. The van der Waals surface area contributed by atoms with Crippen LogP contribution >= 0.6 is 22.0 Å². The largest absolute Gasteiger partial charge is 0.242 e. The summed E-state index contributed by atoms with van der Waals surface area (Å²) in [6.45, 7) is 0. The molecule has 0 radical (unpaired) electrons. The van der Waals surface area contributed by atoms with E-state index in [9.17, 15) is 16.8 Å². The van der Waals surface area contributed by atoms with E-state index in [4.69, 9.17) is 0 Å². The second kappa shape index (κ2) is 7.68. The van der Waals surface area contributed by atoms with Crippen molar-refractivity contribution < 1.29 is 16.8 Å². The van der Waals surface area contributed by atoms with Gasteiger partial charge in [0, 0.05) is 0 Å². The van der Waals surface area contributed by atoms with Crippen molar-refractivity contribution in [2.45, 2.75) is 0 Å². The topological polar surface area (TPSA) is 74.8 Å². The van der Waals surface area contributed by atoms with Crippen LogP contribution in [0.15, 0.2) is 60.7 Å². The van der Waals surface area contributed by atoms with Crippen LogP contribution in [-0.2, 0) is 20.0 Å². The highest BCUT2D eigenvalue weighted by molar-refractivity contribution is 8.80. The molecule has 0 N–H and O–H groups in total. The van der Waals surface area contributed by atoms with Crippen LogP contribution in [0.4, 0.5) is 11.4 Å². The highest BCUT2D eigenvalue weighted by Crippen LogP contribution is 2.39. The molecule has 0 atom stereocenters. The maximum absolute atomic E-state index is 12.1. The third-order valence-electron chi connectivity index (χ3n) is 2.71. The van der Waals surface area contributed by atoms with E-state index in [2.05, 4.69) is 0 Å². The maximum atomic E-state index is 12.1. The van der Waals surface area contributed by atoms with Crippen molar-refractivity contribution in [3.8, 4) is 0 Å². The zero-order valence-electron chi connectivity index (χ0n) is 12.9. The molecule has 0 bridgehead atoms. The smallest absolute Gasteiger partial charge is 0.206 e. The Labute approximate surface area is 150 Å². The average Bonchev–Trinajstić information content (AvgIpc) is 2.51. The van der Waals surface area contributed by atoms with Crippen LogP contribution in [0.1, 0.15) is 0 Å². The molecule has 2 aromatic carbocycles. The average molecular weight is 405 g/mol. The fraction of sp³-hybridized carbons (Fsp3) is 0.143. The molecule has 0 aromatic heterocycles. The van der Waals surface area contributed by atoms with Gasteiger partial charge < -0.3 is 0 Å². The SMILES string of the molecule is CS(=O)(=O)N(SSN(c1ccccc1)S(C)(=O)=O)c1ccccc1. The second-order valence-electron chi connectivity index (χ2n) is 4.80. The molecular formula is C14H16N2O4S4. The van der Waals surface area contributed by atoms with Gasteiger partial charge in [0.05, 0.1) is 45.8 Å². The van der Waals surface area contributed by atoms with Crippen molar-refractivity contribution >= 4 is 53.4 Å². The van der Waals surface area contributed by atoms with Crippen molar-refractivity contribution in [2.75, 3.05) is 19.9 Å². The standard InChI is InChI=1S/C14H16N2O4S4/c1-23(17,18)15(13-9-5-3-6-10-13)21-22-16(24(2,19)20)14-11-7-4-8-12-14/h3-12H,1-2H3. The van der Waals surface area contributed by atoms with Crippen LogP contribution in [0, 0.1) is 0 Å². The molecule has 0 aliphatic rings. The van der Waals surface area contributed by atoms with E-state index < -0.39 is 20.0 Å². The van der Waals surface area contributed by atoms with E-state index in [-0.39, 0.29) is 0 Å². The first kappa shape index (κ1) is 19.0. The van der Waals surface area contributed by atoms with Crippen LogP contribution < -0.4 is 7.42 Å². The van der Waals surface area contributed by atoms with Gasteiger partial charge in [0.2, 0.25) is 20.0 Å². The van der Waals surface area contributed by atoms with Crippen molar-refractivity contribution in [2.24, 2.45) is 0 Å². The minimum absolute atomic E-state index is 0.444. The molecule has 0 unspecified atom stereocenters. The van der Waals surface area contributed by atoms with Gasteiger partial charge in [-0.25, -0.2) is 24.3 Å². The van der Waals surface area contributed by atoms with E-state index in [1.54, 1.807) is 60.7 Å². The molecule has 0 saturated heterocycles. The van der Waals surface area contributed by atoms with Crippen molar-refractivity contribution in [3.63, 3.8) is 0 Å². The first-order valence-corrected chi connectivity index (χ1v) is 12.4. The lowest BCUT2D eigenvalue weighted by molar-refractivity contribution is 0.602. The number of sulfonamides is 2. The molecule has 0 aliphatic carbocycles. The van der Waals surface area contributed by atoms with E-state index in [1.165, 1.54) is 0 Å². The van der Waals surface area contributed by atoms with Gasteiger partial charge in [0.1, 0.15) is 0 Å². The predicted octanol–water partition coefficient (Wildman–Crippen LogP) is 3.13. The van der Waals surface area contributed by atoms with Gasteiger partial charge in [-0.2, -0.15) is 0 Å². The Kier molecular flexibility index (Phi) is 6.07. The number of anilines is 2. The molecule has 6 nitrogen and oxygen atoms in total. The molecule has 0 aliphatic heterocycles. The molecule has 0 saturated carbocycles. The maximum Gasteiger partial charge on any atom is 0.242 e. The van der Waals surface area contributed by atoms with E-state index in [0.29, 0.717) is 11.4 Å². The third kappa shape index (κ3) is 5.07. The predicted molar refractivity (Wildman–Crippen MR) is 103 cm³/mol. The summed E-state index contributed by atoms with van der Waals surface area (Å²) in [6, 6.07) is 17.0. The van der Waals surface area contributed by atoms with Gasteiger partial charge in [-0.3, -0.25) is 0 Å². The Balaban J connectivity index is 2.30. The minimum Gasteiger partial charge on any atom is -0.206 e. The summed E-state index contributed by atoms with van der Waals surface area (Å²) >= 11 is 0. The van der Waals surface area contributed by atoms with Crippen LogP contribution in [-0.4, -0.2) is 29.3 Å². The highest BCUT2D eigenvalue weighted by Gasteiger charge is 2.25. The zero-order chi connectivity index (χ0) is 17.8. The van der Waals surface area contributed by atoms with E-state index >= 15 is 0 Å². The summed E-state index contributed by atoms with van der Waals surface area (Å²) in [5, 5.41) is 0. The first-order valence-electron chi connectivity index (χ1n) is 6.65. The summed E-state index contributed by atoms with van der Waals surface area (Å²) in [6.07, 6.45) is 2.14. The van der Waals surface area contributed by atoms with E-state index in [1.807, 2.05) is 0 Å². The van der Waals surface area contributed by atoms with Crippen LogP contribution in [0.3, 0.4) is 0 Å². The van der Waals surface area contributed by atoms with Crippen molar-refractivity contribution in [1.82, 2.24) is 0 Å². The fourth-order valence-electron chi connectivity index (χ4n) is 1.74. The molecule has 130 valence electrons. The Bertz CT molecular complexity index is 796. The van der Waals surface area contributed by atoms with E-state index in [0.717, 1.165) is 41.9 Å². The highest BCUT2D eigenvalue weighted by atomic mass is 33.1. The Morgan fingerprint density at radius 3 is 1.17 bits per heavy atom. The second-order valence-corrected chi connectivity index (χ2v) is 10.8. The minimum atomic E-state index is -3.59. The summed E-state index contributed by atoms with van der Waals surface area (Å²) in [5.74, 6) is 0. The quantitative estimate of drug-likeness (QED) is 0.521. The summed E-state index contributed by atoms with van der Waals surface area (Å²) in [4.78, 5) is 0. The summed E-state index contributed by atoms with van der Waals surface area (Å²) in [7, 11) is -5.53. The normalized spacial score (nSPS) is 11.9. The number of hydrogen-bond donors (Lipinski definition) is 0. The number of para-hydroxylation sites is 2. The summed E-state index contributed by atoms with van der Waals surface area (Å²) in [5.41, 5.74) is 0.887. The Hall–Kier alpha value is -1.36. The number of nitrogens with zero attached hydrogens (tertiary/aromatic N) is 2. The van der Waals surface area contributed by atoms with Crippen molar-refractivity contribution in [1.29, 1.82) is 0 Å². The monoisotopic (exact) mass is 404 g/mol. The lowest BCUT2D eigenvalue weighted by Crippen LogP contribution is -2.25. The van der Waals surface area contributed by atoms with Gasteiger partial charge in [-0.05, 0) is 24.3 Å². The summed E-state index contributed by atoms with van der Waals surface area (Å²) < 4.78 is 50.4. The lowest BCUT2D eigenvalue weighted by atomic mass is 10.3. The Morgan fingerprint density at radius 2 is 0.917 bits per heavy atom. The van der Waals surface area contributed by atoms with Gasteiger partial charge >= 0.3 is 0 Å². The van der Waals surface area contributed by atoms with Crippen LogP contribution in [0.25, 0.3) is 0 Å². The van der Waals surface area contributed by atoms with Gasteiger partial charge in [-0.1, -0.05) is 36.4 Å². The number of rotatable bonds is 7. The first-order chi connectivity index (χ1) is 11.2. The Morgan fingerprint density at radius 1 is 0.625 bits per heavy atom. The van der Waals surface area contributed by atoms with Crippen LogP contribution in [0.2, 0.25) is 0 Å². The molecule has 0 spiro atoms. The molecule has 24 heavy (non-hydrogen) atoms. The molecule has 2 aromatic rings. The van der Waals surface area contributed by atoms with Gasteiger partial charge in [0.25, 0.3) is 0 Å². The molecule has 0 heterocycles. The van der Waals surface area contributed by atoms with Crippen molar-refractivity contribution in [3.05, 3.63) is 60.7 Å². The third-order valence-corrected chi connectivity index (χ3v) is 8.82. The molecule has 0 amide bonds. The van der Waals surface area contributed by atoms with Crippen LogP contribution in [0.5, 0.6) is 0 Å². The van der Waals surface area contributed by atoms with Gasteiger partial charge in [0.15, 0.2) is 0 Å². The molecular weight excluding hydrogens is 388 g/mol. The lowest BCUT2D eigenvalue weighted by Gasteiger charge is -2.24. The molecule has 0 fully saturated rings. The molecule has 2 rings (SSSR count). The van der Waals surface area contributed by atoms with Gasteiger partial charge in [-0.15, -0.1) is 0 Å². The number of hydrogen-bond acceptors (Lipinski definition) is 6. The molecule has 10 heteroatoms.